The van der Waals surface area contributed by atoms with Gasteiger partial charge in [-0.15, -0.1) is 0 Å². The van der Waals surface area contributed by atoms with E-state index in [9.17, 15) is 4.79 Å². The van der Waals surface area contributed by atoms with Crippen LogP contribution in [0.1, 0.15) is 29.5 Å². The van der Waals surface area contributed by atoms with Gasteiger partial charge in [-0.25, -0.2) is 9.97 Å². The Bertz CT molecular complexity index is 899. The Morgan fingerprint density at radius 2 is 1.93 bits per heavy atom. The molecule has 1 saturated heterocycles. The van der Waals surface area contributed by atoms with Crippen molar-refractivity contribution in [3.63, 3.8) is 0 Å². The molecule has 6 heteroatoms. The minimum atomic E-state index is -0.184. The van der Waals surface area contributed by atoms with Crippen LogP contribution in [-0.2, 0) is 6.42 Å². The van der Waals surface area contributed by atoms with Crippen LogP contribution in [0.4, 0.5) is 5.95 Å². The molecule has 6 nitrogen and oxygen atoms in total. The molecule has 1 aliphatic rings. The lowest BCUT2D eigenvalue weighted by Crippen LogP contribution is -2.53. The zero-order valence-electron chi connectivity index (χ0n) is 16.6. The van der Waals surface area contributed by atoms with Gasteiger partial charge in [-0.05, 0) is 42.5 Å². The Hall–Kier alpha value is -2.99. The van der Waals surface area contributed by atoms with Gasteiger partial charge in [-0.1, -0.05) is 37.3 Å². The highest BCUT2D eigenvalue weighted by Gasteiger charge is 2.36. The van der Waals surface area contributed by atoms with Crippen LogP contribution < -0.4 is 4.90 Å². The summed E-state index contributed by atoms with van der Waals surface area (Å²) in [6, 6.07) is 15.8. The highest BCUT2D eigenvalue weighted by Crippen LogP contribution is 2.27. The SMILES string of the molecule is C[C@H]1CN(CCc2ccccc2)CC[C@H]1N(C(=O)c1ccco1)c1ncccn1. The number of nitrogens with zero attached hydrogens (tertiary/aromatic N) is 4. The molecule has 1 amide bonds. The summed E-state index contributed by atoms with van der Waals surface area (Å²) >= 11 is 0. The van der Waals surface area contributed by atoms with Crippen LogP contribution in [0, 0.1) is 5.92 Å². The normalized spacial score (nSPS) is 19.8. The first-order chi connectivity index (χ1) is 14.2. The molecule has 4 rings (SSSR count). The Morgan fingerprint density at radius 1 is 1.14 bits per heavy atom. The van der Waals surface area contributed by atoms with E-state index in [0.29, 0.717) is 17.6 Å². The van der Waals surface area contributed by atoms with Crippen molar-refractivity contribution in [2.24, 2.45) is 5.92 Å². The number of hydrogen-bond donors (Lipinski definition) is 0. The second-order valence-corrected chi connectivity index (χ2v) is 7.57. The fourth-order valence-electron chi connectivity index (χ4n) is 4.06. The molecule has 0 N–H and O–H groups in total. The van der Waals surface area contributed by atoms with Gasteiger partial charge in [0, 0.05) is 38.1 Å². The maximum Gasteiger partial charge on any atom is 0.296 e. The predicted molar refractivity (Wildman–Crippen MR) is 112 cm³/mol. The van der Waals surface area contributed by atoms with Crippen molar-refractivity contribution in [2.45, 2.75) is 25.8 Å². The molecule has 0 bridgehead atoms. The van der Waals surface area contributed by atoms with Crippen LogP contribution in [0.2, 0.25) is 0 Å². The summed E-state index contributed by atoms with van der Waals surface area (Å²) in [5.74, 6) is 0.859. The number of aromatic nitrogens is 2. The van der Waals surface area contributed by atoms with E-state index in [4.69, 9.17) is 4.42 Å². The molecule has 29 heavy (non-hydrogen) atoms. The van der Waals surface area contributed by atoms with E-state index in [2.05, 4.69) is 46.1 Å². The molecular weight excluding hydrogens is 364 g/mol. The number of piperidine rings is 1. The van der Waals surface area contributed by atoms with Crippen LogP contribution >= 0.6 is 0 Å². The van der Waals surface area contributed by atoms with Crippen molar-refractivity contribution in [1.29, 1.82) is 0 Å². The van der Waals surface area contributed by atoms with Gasteiger partial charge in [0.05, 0.1) is 6.26 Å². The molecule has 0 saturated carbocycles. The van der Waals surface area contributed by atoms with Crippen molar-refractivity contribution < 1.29 is 9.21 Å². The molecule has 1 fully saturated rings. The van der Waals surface area contributed by atoms with Crippen molar-refractivity contribution in [2.75, 3.05) is 24.5 Å². The number of likely N-dealkylation sites (tertiary alicyclic amines) is 1. The van der Waals surface area contributed by atoms with Gasteiger partial charge in [0.2, 0.25) is 5.95 Å². The van der Waals surface area contributed by atoms with E-state index in [0.717, 1.165) is 32.5 Å². The van der Waals surface area contributed by atoms with Gasteiger partial charge in [0.25, 0.3) is 5.91 Å². The number of anilines is 1. The Morgan fingerprint density at radius 3 is 2.62 bits per heavy atom. The molecule has 2 aromatic heterocycles. The average molecular weight is 390 g/mol. The number of furan rings is 1. The first-order valence-corrected chi connectivity index (χ1v) is 10.1. The van der Waals surface area contributed by atoms with Gasteiger partial charge in [0.1, 0.15) is 0 Å². The third-order valence-corrected chi connectivity index (χ3v) is 5.55. The molecule has 3 aromatic rings. The zero-order chi connectivity index (χ0) is 20.1. The fourth-order valence-corrected chi connectivity index (χ4v) is 4.06. The van der Waals surface area contributed by atoms with E-state index in [1.807, 2.05) is 6.07 Å². The molecule has 0 radical (unpaired) electrons. The van der Waals surface area contributed by atoms with Crippen LogP contribution in [0.15, 0.2) is 71.6 Å². The van der Waals surface area contributed by atoms with E-state index in [1.165, 1.54) is 11.8 Å². The standard InChI is InChI=1S/C23H26N4O2/c1-18-17-26(14-10-19-7-3-2-4-8-19)15-11-20(18)27(23-24-12-6-13-25-23)22(28)21-9-5-16-29-21/h2-9,12-13,16,18,20H,10-11,14-15,17H2,1H3/t18-,20+/m0/s1. The molecule has 0 aliphatic carbocycles. The minimum Gasteiger partial charge on any atom is -0.459 e. The van der Waals surface area contributed by atoms with Crippen LogP contribution in [0.3, 0.4) is 0 Å². The number of carbonyl (C=O) groups excluding carboxylic acids is 1. The van der Waals surface area contributed by atoms with E-state index in [-0.39, 0.29) is 11.9 Å². The number of amides is 1. The zero-order valence-corrected chi connectivity index (χ0v) is 16.6. The summed E-state index contributed by atoms with van der Waals surface area (Å²) in [7, 11) is 0. The summed E-state index contributed by atoms with van der Waals surface area (Å²) < 4.78 is 5.38. The van der Waals surface area contributed by atoms with Gasteiger partial charge < -0.3 is 9.32 Å². The molecule has 150 valence electrons. The largest absolute Gasteiger partial charge is 0.459 e. The number of benzene rings is 1. The third-order valence-electron chi connectivity index (χ3n) is 5.55. The molecule has 1 aromatic carbocycles. The van der Waals surface area contributed by atoms with Crippen molar-refractivity contribution in [3.8, 4) is 0 Å². The summed E-state index contributed by atoms with van der Waals surface area (Å²) in [6.07, 6.45) is 6.78. The van der Waals surface area contributed by atoms with Crippen molar-refractivity contribution >= 4 is 11.9 Å². The van der Waals surface area contributed by atoms with Crippen LogP contribution in [0.25, 0.3) is 0 Å². The summed E-state index contributed by atoms with van der Waals surface area (Å²) in [4.78, 5) is 26.1. The van der Waals surface area contributed by atoms with E-state index >= 15 is 0 Å². The maximum atomic E-state index is 13.2. The summed E-state index contributed by atoms with van der Waals surface area (Å²) in [5.41, 5.74) is 1.36. The van der Waals surface area contributed by atoms with Crippen molar-refractivity contribution in [3.05, 3.63) is 78.5 Å². The summed E-state index contributed by atoms with van der Waals surface area (Å²) in [6.45, 7) is 5.10. The molecule has 2 atom stereocenters. The third kappa shape index (κ3) is 4.54. The van der Waals surface area contributed by atoms with Gasteiger partial charge in [0.15, 0.2) is 5.76 Å². The van der Waals surface area contributed by atoms with Gasteiger partial charge >= 0.3 is 0 Å². The van der Waals surface area contributed by atoms with Gasteiger partial charge in [-0.3, -0.25) is 9.69 Å². The minimum absolute atomic E-state index is 0.0305. The Balaban J connectivity index is 1.47. The first-order valence-electron chi connectivity index (χ1n) is 10.1. The molecule has 3 heterocycles. The van der Waals surface area contributed by atoms with E-state index < -0.39 is 0 Å². The highest BCUT2D eigenvalue weighted by molar-refractivity contribution is 6.03. The summed E-state index contributed by atoms with van der Waals surface area (Å²) in [5, 5.41) is 0. The number of carbonyl (C=O) groups is 1. The van der Waals surface area contributed by atoms with Crippen molar-refractivity contribution in [1.82, 2.24) is 14.9 Å². The molecular formula is C23H26N4O2. The number of hydrogen-bond acceptors (Lipinski definition) is 5. The van der Waals surface area contributed by atoms with Crippen LogP contribution in [-0.4, -0.2) is 46.5 Å². The quantitative estimate of drug-likeness (QED) is 0.643. The lowest BCUT2D eigenvalue weighted by atomic mass is 9.92. The Kier molecular flexibility index (Phi) is 6.00. The predicted octanol–water partition coefficient (Wildman–Crippen LogP) is 3.67. The fraction of sp³-hybridized carbons (Fsp3) is 0.348. The average Bonchev–Trinajstić information content (AvgIpc) is 3.30. The maximum absolute atomic E-state index is 13.2. The monoisotopic (exact) mass is 390 g/mol. The lowest BCUT2D eigenvalue weighted by molar-refractivity contribution is 0.0903. The van der Waals surface area contributed by atoms with Crippen LogP contribution in [0.5, 0.6) is 0 Å². The van der Waals surface area contributed by atoms with E-state index in [1.54, 1.807) is 35.5 Å². The highest BCUT2D eigenvalue weighted by atomic mass is 16.3. The second kappa shape index (κ2) is 9.01. The molecule has 0 spiro atoms. The topological polar surface area (TPSA) is 62.5 Å². The Labute approximate surface area is 171 Å². The number of rotatable bonds is 6. The first kappa shape index (κ1) is 19.3. The second-order valence-electron chi connectivity index (χ2n) is 7.57. The smallest absolute Gasteiger partial charge is 0.296 e. The van der Waals surface area contributed by atoms with Gasteiger partial charge in [-0.2, -0.15) is 0 Å². The molecule has 1 aliphatic heterocycles. The molecule has 0 unspecified atom stereocenters. The lowest BCUT2D eigenvalue weighted by Gasteiger charge is -2.41.